The average Bonchev–Trinajstić information content (AvgIpc) is 2.30. The molecule has 0 saturated carbocycles. The van der Waals surface area contributed by atoms with Gasteiger partial charge in [0.15, 0.2) is 11.5 Å². The predicted octanol–water partition coefficient (Wildman–Crippen LogP) is 0.491. The Kier molecular flexibility index (Phi) is 5.46. The number of carbonyl (C=O) groups is 1. The summed E-state index contributed by atoms with van der Waals surface area (Å²) < 4.78 is 0. The third kappa shape index (κ3) is 4.62. The number of hydrogen-bond donors (Lipinski definition) is 5. The summed E-state index contributed by atoms with van der Waals surface area (Å²) in [6, 6.07) is 2.02. The third-order valence-corrected chi connectivity index (χ3v) is 3.56. The molecule has 7 N–H and O–H groups in total. The Balaban J connectivity index is 2.86. The molecule has 1 aromatic rings. The van der Waals surface area contributed by atoms with Crippen molar-refractivity contribution in [3.05, 3.63) is 17.7 Å². The molecule has 0 radical (unpaired) electrons. The van der Waals surface area contributed by atoms with Crippen molar-refractivity contribution >= 4 is 17.7 Å². The van der Waals surface area contributed by atoms with Crippen molar-refractivity contribution in [1.82, 2.24) is 0 Å². The largest absolute Gasteiger partial charge is 0.504 e. The zero-order valence-corrected chi connectivity index (χ0v) is 11.4. The molecule has 0 aromatic heterocycles. The van der Waals surface area contributed by atoms with E-state index < -0.39 is 12.0 Å². The van der Waals surface area contributed by atoms with Gasteiger partial charge in [-0.25, -0.2) is 0 Å². The minimum absolute atomic E-state index is 0.0805. The fraction of sp³-hybridized carbons (Fsp3) is 0.417. The molecule has 2 atom stereocenters. The first-order valence-corrected chi connectivity index (χ1v) is 6.71. The highest BCUT2D eigenvalue weighted by Gasteiger charge is 2.15. The van der Waals surface area contributed by atoms with Gasteiger partial charge in [0, 0.05) is 11.8 Å². The van der Waals surface area contributed by atoms with Crippen LogP contribution in [0.25, 0.3) is 0 Å². The topological polar surface area (TPSA) is 130 Å². The number of carboxylic acid groups (broad SMARTS) is 1. The van der Waals surface area contributed by atoms with E-state index in [-0.39, 0.29) is 23.3 Å². The van der Waals surface area contributed by atoms with Gasteiger partial charge in [-0.1, -0.05) is 0 Å². The van der Waals surface area contributed by atoms with Gasteiger partial charge in [0.25, 0.3) is 0 Å². The van der Waals surface area contributed by atoms with Crippen LogP contribution in [0.1, 0.15) is 12.5 Å². The highest BCUT2D eigenvalue weighted by Crippen LogP contribution is 2.37. The maximum atomic E-state index is 10.6. The lowest BCUT2D eigenvalue weighted by atomic mass is 10.1. The molecular formula is C12H18N2O4S. The molecule has 19 heavy (non-hydrogen) atoms. The first-order chi connectivity index (χ1) is 8.81. The first-order valence-electron chi connectivity index (χ1n) is 5.73. The van der Waals surface area contributed by atoms with Crippen LogP contribution in [-0.4, -0.2) is 39.1 Å². The van der Waals surface area contributed by atoms with Crippen molar-refractivity contribution in [1.29, 1.82) is 0 Å². The Labute approximate surface area is 115 Å². The van der Waals surface area contributed by atoms with Crippen molar-refractivity contribution in [2.75, 3.05) is 5.75 Å². The average molecular weight is 286 g/mol. The van der Waals surface area contributed by atoms with E-state index in [2.05, 4.69) is 0 Å². The number of carboxylic acids is 1. The van der Waals surface area contributed by atoms with E-state index in [4.69, 9.17) is 16.6 Å². The highest BCUT2D eigenvalue weighted by atomic mass is 32.2. The van der Waals surface area contributed by atoms with Gasteiger partial charge in [0.05, 0.1) is 4.90 Å². The number of hydrogen-bond acceptors (Lipinski definition) is 6. The second kappa shape index (κ2) is 6.65. The smallest absolute Gasteiger partial charge is 0.321 e. The predicted molar refractivity (Wildman–Crippen MR) is 73.5 cm³/mol. The second-order valence-corrected chi connectivity index (χ2v) is 5.46. The van der Waals surface area contributed by atoms with Crippen LogP contribution in [0.2, 0.25) is 0 Å². The van der Waals surface area contributed by atoms with E-state index in [0.29, 0.717) is 11.3 Å². The monoisotopic (exact) mass is 286 g/mol. The first kappa shape index (κ1) is 15.6. The molecule has 1 aromatic carbocycles. The van der Waals surface area contributed by atoms with Crippen LogP contribution in [0.5, 0.6) is 11.5 Å². The Morgan fingerprint density at radius 3 is 2.53 bits per heavy atom. The molecule has 0 aliphatic heterocycles. The van der Waals surface area contributed by atoms with Crippen LogP contribution in [0.3, 0.4) is 0 Å². The van der Waals surface area contributed by atoms with E-state index in [1.807, 2.05) is 6.92 Å². The zero-order valence-electron chi connectivity index (χ0n) is 10.5. The summed E-state index contributed by atoms with van der Waals surface area (Å²) in [5.74, 6) is -1.52. The van der Waals surface area contributed by atoms with E-state index in [1.165, 1.54) is 6.07 Å². The second-order valence-electron chi connectivity index (χ2n) is 4.40. The number of rotatable bonds is 6. The van der Waals surface area contributed by atoms with E-state index in [9.17, 15) is 15.0 Å². The summed E-state index contributed by atoms with van der Waals surface area (Å²) in [5, 5.41) is 28.0. The third-order valence-electron chi connectivity index (χ3n) is 2.41. The maximum absolute atomic E-state index is 10.6. The number of phenols is 2. The summed E-state index contributed by atoms with van der Waals surface area (Å²) in [5.41, 5.74) is 11.8. The Bertz CT molecular complexity index is 465. The Morgan fingerprint density at radius 2 is 2.00 bits per heavy atom. The number of benzene rings is 1. The fourth-order valence-electron chi connectivity index (χ4n) is 1.50. The van der Waals surface area contributed by atoms with Gasteiger partial charge in [-0.3, -0.25) is 4.79 Å². The molecule has 6 nitrogen and oxygen atoms in total. The molecule has 0 bridgehead atoms. The van der Waals surface area contributed by atoms with Gasteiger partial charge in [0.2, 0.25) is 0 Å². The van der Waals surface area contributed by atoms with Gasteiger partial charge in [-0.05, 0) is 31.0 Å². The van der Waals surface area contributed by atoms with Gasteiger partial charge in [0.1, 0.15) is 6.04 Å². The lowest BCUT2D eigenvalue weighted by Crippen LogP contribution is -2.32. The van der Waals surface area contributed by atoms with Gasteiger partial charge in [-0.15, -0.1) is 11.8 Å². The molecule has 7 heteroatoms. The van der Waals surface area contributed by atoms with Gasteiger partial charge in [-0.2, -0.15) is 0 Å². The van der Waals surface area contributed by atoms with Crippen LogP contribution in [-0.2, 0) is 11.2 Å². The normalized spacial score (nSPS) is 14.1. The molecule has 0 aliphatic rings. The fourth-order valence-corrected chi connectivity index (χ4v) is 2.48. The van der Waals surface area contributed by atoms with Gasteiger partial charge < -0.3 is 26.8 Å². The summed E-state index contributed by atoms with van der Waals surface area (Å²) >= 11 is 1.08. The zero-order chi connectivity index (χ0) is 14.6. The van der Waals surface area contributed by atoms with E-state index >= 15 is 0 Å². The standard InChI is InChI=1S/C12H18N2O4S/c1-6(13)2-7-3-9(15)11(16)10(4-7)19-5-8(14)12(17)18/h3-4,6,8,15-16H,2,5,13-14H2,1H3,(H,17,18)/t6?,8-/m0/s1. The number of aliphatic carboxylic acids is 1. The quantitative estimate of drug-likeness (QED) is 0.380. The van der Waals surface area contributed by atoms with E-state index in [1.54, 1.807) is 6.07 Å². The molecule has 106 valence electrons. The summed E-state index contributed by atoms with van der Waals surface area (Å²) in [4.78, 5) is 11.0. The van der Waals surface area contributed by atoms with Crippen molar-refractivity contribution in [2.45, 2.75) is 30.3 Å². The minimum Gasteiger partial charge on any atom is -0.504 e. The van der Waals surface area contributed by atoms with Crippen LogP contribution in [0, 0.1) is 0 Å². The van der Waals surface area contributed by atoms with Crippen molar-refractivity contribution in [3.8, 4) is 11.5 Å². The SMILES string of the molecule is CC(N)Cc1cc(O)c(O)c(SC[C@H](N)C(=O)O)c1. The lowest BCUT2D eigenvalue weighted by Gasteiger charge is -2.12. The molecule has 0 aliphatic carbocycles. The van der Waals surface area contributed by atoms with Crippen LogP contribution >= 0.6 is 11.8 Å². The number of aromatic hydroxyl groups is 2. The number of nitrogens with two attached hydrogens (primary N) is 2. The van der Waals surface area contributed by atoms with Crippen molar-refractivity contribution < 1.29 is 20.1 Å². The summed E-state index contributed by atoms with van der Waals surface area (Å²) in [6.07, 6.45) is 0.548. The lowest BCUT2D eigenvalue weighted by molar-refractivity contribution is -0.137. The molecule has 0 spiro atoms. The van der Waals surface area contributed by atoms with Crippen molar-refractivity contribution in [2.24, 2.45) is 11.5 Å². The Hall–Kier alpha value is -1.44. The molecule has 0 heterocycles. The minimum atomic E-state index is -1.11. The van der Waals surface area contributed by atoms with Crippen molar-refractivity contribution in [3.63, 3.8) is 0 Å². The Morgan fingerprint density at radius 1 is 1.37 bits per heavy atom. The van der Waals surface area contributed by atoms with Crippen LogP contribution < -0.4 is 11.5 Å². The molecule has 1 unspecified atom stereocenters. The van der Waals surface area contributed by atoms with Gasteiger partial charge >= 0.3 is 5.97 Å². The van der Waals surface area contributed by atoms with Crippen LogP contribution in [0.15, 0.2) is 17.0 Å². The highest BCUT2D eigenvalue weighted by molar-refractivity contribution is 7.99. The van der Waals surface area contributed by atoms with Crippen LogP contribution in [0.4, 0.5) is 0 Å². The molecule has 0 amide bonds. The molecule has 0 fully saturated rings. The number of thioether (sulfide) groups is 1. The summed E-state index contributed by atoms with van der Waals surface area (Å²) in [7, 11) is 0. The number of phenolic OH excluding ortho intramolecular Hbond substituents is 2. The van der Waals surface area contributed by atoms with E-state index in [0.717, 1.165) is 17.3 Å². The molecule has 0 saturated heterocycles. The molecule has 1 rings (SSSR count). The summed E-state index contributed by atoms with van der Waals surface area (Å²) in [6.45, 7) is 1.83. The molecular weight excluding hydrogens is 268 g/mol. The maximum Gasteiger partial charge on any atom is 0.321 e.